The first-order valence-corrected chi connectivity index (χ1v) is 16.6. The summed E-state index contributed by atoms with van der Waals surface area (Å²) in [6, 6.07) is 4.42. The number of nitrogens with two attached hydrogens (primary N) is 1. The molecule has 0 aromatic heterocycles. The summed E-state index contributed by atoms with van der Waals surface area (Å²) < 4.78 is 2.18. The molecule has 0 saturated carbocycles. The highest BCUT2D eigenvalue weighted by Gasteiger charge is 2.40. The maximum atomic E-state index is 13.3. The fourth-order valence-corrected chi connectivity index (χ4v) is 8.06. The number of unbranched alkanes of at least 4 members (excludes halogenated alkanes) is 1. The van der Waals surface area contributed by atoms with Gasteiger partial charge in [0.25, 0.3) is 0 Å². The number of nitrogens with zero attached hydrogens (tertiary/aromatic N) is 1. The largest absolute Gasteiger partial charge is 0.383 e. The topological polar surface area (TPSA) is 87.5 Å². The molecule has 1 aliphatic carbocycles. The molecule has 0 radical (unpaired) electrons. The standard InChI is InChI=1S/C30H40Br2ClN3O2.CH5N/c1-3-4-5-20(8-11-34-19(2)37)14-27(38)36-12-9-21(10-13-36)29-28-22(16-25(33)17-26(28)32)6-7-23-15-24(31)18-35-30(23)29;1-2/h15-18,20-21,29-30,35H,3-14H2,1-2H3,(H,34,37);2H2,1H3. The van der Waals surface area contributed by atoms with E-state index in [4.69, 9.17) is 11.6 Å². The van der Waals surface area contributed by atoms with Gasteiger partial charge in [0.1, 0.15) is 0 Å². The Morgan fingerprint density at radius 1 is 1.18 bits per heavy atom. The van der Waals surface area contributed by atoms with Gasteiger partial charge >= 0.3 is 0 Å². The van der Waals surface area contributed by atoms with E-state index < -0.39 is 0 Å². The fraction of sp³-hybridized carbons (Fsp3) is 0.613. The van der Waals surface area contributed by atoms with Crippen molar-refractivity contribution in [3.05, 3.63) is 55.1 Å². The summed E-state index contributed by atoms with van der Waals surface area (Å²) in [5.41, 5.74) is 8.64. The van der Waals surface area contributed by atoms with Gasteiger partial charge in [0.15, 0.2) is 0 Å². The van der Waals surface area contributed by atoms with Crippen LogP contribution in [-0.2, 0) is 16.0 Å². The summed E-state index contributed by atoms with van der Waals surface area (Å²) in [6.07, 6.45) is 13.1. The van der Waals surface area contributed by atoms with Crippen molar-refractivity contribution >= 4 is 55.3 Å². The van der Waals surface area contributed by atoms with Crippen LogP contribution < -0.4 is 16.4 Å². The van der Waals surface area contributed by atoms with E-state index >= 15 is 0 Å². The fourth-order valence-electron chi connectivity index (χ4n) is 6.50. The molecule has 6 nitrogen and oxygen atoms in total. The number of likely N-dealkylation sites (tertiary alicyclic amines) is 1. The number of halogens is 3. The summed E-state index contributed by atoms with van der Waals surface area (Å²) in [7, 11) is 1.50. The zero-order chi connectivity index (χ0) is 29.2. The average molecular weight is 701 g/mol. The minimum absolute atomic E-state index is 0.00468. The van der Waals surface area contributed by atoms with E-state index in [-0.39, 0.29) is 17.9 Å². The van der Waals surface area contributed by atoms with Crippen LogP contribution in [0, 0.1) is 11.8 Å². The number of dihydropyridines is 1. The highest BCUT2D eigenvalue weighted by Crippen LogP contribution is 2.47. The lowest BCUT2D eigenvalue weighted by molar-refractivity contribution is -0.133. The van der Waals surface area contributed by atoms with Crippen molar-refractivity contribution in [2.45, 2.75) is 83.6 Å². The van der Waals surface area contributed by atoms with Gasteiger partial charge < -0.3 is 21.3 Å². The number of rotatable bonds is 9. The van der Waals surface area contributed by atoms with E-state index in [0.717, 1.165) is 78.4 Å². The molecule has 1 fully saturated rings. The molecule has 0 bridgehead atoms. The summed E-state index contributed by atoms with van der Waals surface area (Å²) in [6.45, 7) is 5.99. The molecule has 1 aromatic rings. The Labute approximate surface area is 262 Å². The summed E-state index contributed by atoms with van der Waals surface area (Å²) in [5, 5.41) is 7.38. The molecule has 2 heterocycles. The molecule has 0 spiro atoms. The average Bonchev–Trinajstić information content (AvgIpc) is 3.09. The van der Waals surface area contributed by atoms with Crippen LogP contribution in [0.2, 0.25) is 5.02 Å². The van der Waals surface area contributed by atoms with Crippen molar-refractivity contribution in [3.8, 4) is 0 Å². The first-order chi connectivity index (χ1) is 19.3. The molecule has 3 aliphatic rings. The van der Waals surface area contributed by atoms with Gasteiger partial charge in [0.05, 0.1) is 6.04 Å². The summed E-state index contributed by atoms with van der Waals surface area (Å²) in [4.78, 5) is 26.7. The van der Waals surface area contributed by atoms with Crippen molar-refractivity contribution in [1.82, 2.24) is 15.5 Å². The number of carbonyl (C=O) groups excluding carboxylic acids is 2. The number of hydrogen-bond acceptors (Lipinski definition) is 4. The second-order valence-electron chi connectivity index (χ2n) is 11.1. The minimum Gasteiger partial charge on any atom is -0.383 e. The molecule has 222 valence electrons. The third kappa shape index (κ3) is 8.83. The molecule has 9 heteroatoms. The Balaban J connectivity index is 0.00000216. The molecule has 2 aliphatic heterocycles. The van der Waals surface area contributed by atoms with Gasteiger partial charge in [0.2, 0.25) is 11.8 Å². The molecule has 1 aromatic carbocycles. The van der Waals surface area contributed by atoms with Crippen molar-refractivity contribution < 1.29 is 9.59 Å². The number of piperidine rings is 1. The zero-order valence-corrected chi connectivity index (χ0v) is 28.0. The van der Waals surface area contributed by atoms with Gasteiger partial charge in [-0.15, -0.1) is 0 Å². The molecule has 4 rings (SSSR count). The van der Waals surface area contributed by atoms with E-state index in [1.807, 2.05) is 6.07 Å². The lowest BCUT2D eigenvalue weighted by Crippen LogP contribution is -2.44. The molecule has 4 N–H and O–H groups in total. The minimum atomic E-state index is -0.00468. The van der Waals surface area contributed by atoms with Crippen molar-refractivity contribution in [2.24, 2.45) is 17.6 Å². The number of fused-ring (bicyclic) bond motifs is 2. The number of aryl methyl sites for hydroxylation is 1. The smallest absolute Gasteiger partial charge is 0.222 e. The Morgan fingerprint density at radius 2 is 1.90 bits per heavy atom. The predicted molar refractivity (Wildman–Crippen MR) is 173 cm³/mol. The number of carbonyl (C=O) groups is 2. The number of hydrogen-bond donors (Lipinski definition) is 3. The summed E-state index contributed by atoms with van der Waals surface area (Å²) >= 11 is 14.0. The molecule has 1 saturated heterocycles. The first kappa shape index (κ1) is 33.2. The second kappa shape index (κ2) is 16.3. The second-order valence-corrected chi connectivity index (χ2v) is 13.3. The summed E-state index contributed by atoms with van der Waals surface area (Å²) in [5.74, 6) is 1.37. The Hall–Kier alpha value is -1.35. The highest BCUT2D eigenvalue weighted by molar-refractivity contribution is 9.12. The Kier molecular flexibility index (Phi) is 13.5. The first-order valence-electron chi connectivity index (χ1n) is 14.7. The van der Waals surface area contributed by atoms with Gasteiger partial charge in [-0.1, -0.05) is 47.3 Å². The lowest BCUT2D eigenvalue weighted by atomic mass is 9.73. The molecular weight excluding hydrogens is 656 g/mol. The number of benzene rings is 1. The number of allylic oxidation sites excluding steroid dienone is 2. The Morgan fingerprint density at radius 3 is 2.58 bits per heavy atom. The van der Waals surface area contributed by atoms with Gasteiger partial charge in [-0.3, -0.25) is 9.59 Å². The van der Waals surface area contributed by atoms with E-state index in [2.05, 4.69) is 78.4 Å². The van der Waals surface area contributed by atoms with Crippen LogP contribution in [0.5, 0.6) is 0 Å². The van der Waals surface area contributed by atoms with E-state index in [1.165, 1.54) is 23.7 Å². The van der Waals surface area contributed by atoms with E-state index in [9.17, 15) is 9.59 Å². The van der Waals surface area contributed by atoms with Gasteiger partial charge in [0, 0.05) is 59.1 Å². The van der Waals surface area contributed by atoms with Crippen molar-refractivity contribution in [3.63, 3.8) is 0 Å². The maximum absolute atomic E-state index is 13.3. The molecular formula is C31H45Br2ClN4O2. The predicted octanol–water partition coefficient (Wildman–Crippen LogP) is 6.80. The maximum Gasteiger partial charge on any atom is 0.222 e. The molecule has 3 unspecified atom stereocenters. The SMILES string of the molecule is CCCCC(CCNC(C)=O)CC(=O)N1CCC(C2c3c(Br)cc(Cl)cc3CCC3=CC(Br)=CNC32)CC1.CN. The van der Waals surface area contributed by atoms with Gasteiger partial charge in [-0.2, -0.15) is 0 Å². The molecule has 3 atom stereocenters. The number of nitrogens with one attached hydrogen (secondary N) is 2. The van der Waals surface area contributed by atoms with Crippen LogP contribution in [0.1, 0.15) is 82.3 Å². The quantitative estimate of drug-likeness (QED) is 0.265. The normalized spacial score (nSPS) is 21.3. The molecule has 2 amide bonds. The Bertz CT molecular complexity index is 1090. The van der Waals surface area contributed by atoms with E-state index in [0.29, 0.717) is 30.7 Å². The number of amides is 2. The highest BCUT2D eigenvalue weighted by atomic mass is 79.9. The molecule has 40 heavy (non-hydrogen) atoms. The third-order valence-electron chi connectivity index (χ3n) is 8.43. The monoisotopic (exact) mass is 698 g/mol. The van der Waals surface area contributed by atoms with Crippen LogP contribution >= 0.6 is 43.5 Å². The van der Waals surface area contributed by atoms with Gasteiger partial charge in [-0.05, 0) is 108 Å². The van der Waals surface area contributed by atoms with Crippen LogP contribution in [0.4, 0.5) is 0 Å². The van der Waals surface area contributed by atoms with E-state index in [1.54, 1.807) is 6.92 Å². The van der Waals surface area contributed by atoms with Crippen LogP contribution in [0.3, 0.4) is 0 Å². The lowest BCUT2D eigenvalue weighted by Gasteiger charge is -2.41. The van der Waals surface area contributed by atoms with Crippen LogP contribution in [0.15, 0.2) is 38.9 Å². The third-order valence-corrected chi connectivity index (χ3v) is 9.77. The van der Waals surface area contributed by atoms with Crippen molar-refractivity contribution in [2.75, 3.05) is 26.7 Å². The van der Waals surface area contributed by atoms with Gasteiger partial charge in [-0.25, -0.2) is 0 Å². The zero-order valence-electron chi connectivity index (χ0n) is 24.1. The van der Waals surface area contributed by atoms with Crippen LogP contribution in [0.25, 0.3) is 0 Å². The van der Waals surface area contributed by atoms with Crippen LogP contribution in [-0.4, -0.2) is 49.4 Å². The van der Waals surface area contributed by atoms with Crippen molar-refractivity contribution in [1.29, 1.82) is 0 Å².